The molecule has 0 saturated carbocycles. The van der Waals surface area contributed by atoms with Crippen molar-refractivity contribution < 1.29 is 60.9 Å². The van der Waals surface area contributed by atoms with Crippen LogP contribution < -0.4 is 31.9 Å². The van der Waals surface area contributed by atoms with Gasteiger partial charge in [-0.1, -0.05) is 109 Å². The standard InChI is InChI=1S/C24H36N6.C6H6N12O12.C6H12N6.C4H9NO3.C2H6.H2IP.W/c1-7-13-25-19-20-26(14-8-2)23(25)24-27(15-9-3)21(29(19)17-11-5)22(28(24)16-10-4)30(20)18-12-6;19-13(20)7-1-2-8(14(21)22)5(7)6-9(15(23)24)3(11(1)17(27)28)4(10(6)16(25)26)12(2)18(29)30;7-1-2-8-5(7)6-9-3(11-1)4(10-6)12-2;1-4(8-2)3-5(6)7;2*1-2;/h7-24H,1-6H3;1-6H;1-12H;4H,3H2,1-2H3;1-2H3;2H2;/b13-7?,14-8?,15-9?,16-10?,17-11-,18-12+;;;;;;. The van der Waals surface area contributed by atoms with E-state index < -0.39 is 72.1 Å². The number of allylic oxidation sites excluding steroid dienone is 6. The van der Waals surface area contributed by atoms with Crippen LogP contribution in [0.5, 0.6) is 0 Å². The van der Waals surface area contributed by atoms with Crippen LogP contribution in [0.2, 0.25) is 0 Å². The first-order valence-electron chi connectivity index (χ1n) is 26.6. The summed E-state index contributed by atoms with van der Waals surface area (Å²) in [6.45, 7) is 20.6. The van der Waals surface area contributed by atoms with E-state index in [1.807, 2.05) is 13.8 Å². The fourth-order valence-corrected chi connectivity index (χ4v) is 13.2. The molecule has 15 aliphatic heterocycles. The van der Waals surface area contributed by atoms with Crippen LogP contribution in [0.3, 0.4) is 0 Å². The van der Waals surface area contributed by atoms with Crippen molar-refractivity contribution >= 4 is 28.9 Å². The van der Waals surface area contributed by atoms with Gasteiger partial charge >= 0.3 is 0 Å². The van der Waals surface area contributed by atoms with E-state index in [1.165, 1.54) is 7.11 Å². The van der Waals surface area contributed by atoms with Gasteiger partial charge in [-0.05, 0) is 85.7 Å². The van der Waals surface area contributed by atoms with Crippen LogP contribution in [0.4, 0.5) is 0 Å². The number of halogens is 1. The molecular weight excluding hydrogens is 1440 g/mol. The van der Waals surface area contributed by atoms with Gasteiger partial charge in [-0.3, -0.25) is 42.0 Å². The van der Waals surface area contributed by atoms with E-state index in [9.17, 15) is 70.8 Å². The monoisotopic (exact) mass is 1510 g/mol. The summed E-state index contributed by atoms with van der Waals surface area (Å²) in [5.41, 5.74) is 0. The van der Waals surface area contributed by atoms with E-state index in [0.717, 1.165) is 0 Å². The number of nitrogens with one attached hydrogen (secondary N) is 6. The van der Waals surface area contributed by atoms with Crippen LogP contribution in [-0.2, 0) is 25.8 Å². The minimum Gasteiger partial charge on any atom is -0.375 e. The van der Waals surface area contributed by atoms with Gasteiger partial charge in [0, 0.05) is 33.1 Å². The predicted octanol–water partition coefficient (Wildman–Crippen LogP) is -0.961. The SMILES string of the molecule is CC.CC=CN1C2C3N(C=CC)C4C(N3C=CC)N(/C=C/C)C(C1N4/C=C\C)N2C=CC.COC(C)C[N+](=O)[O-].N1C2NC3NC4NC3NC2NC14.O=[N+]([O-])N1C2C3N([N+](=O)[O-])C1C1N([N+](=O)[O-])C(C(N1[N+](=O)[O-])N3[N+](=O)[O-])N2[N+](=O)[O-].PI.[W]. The molecule has 0 radical (unpaired) electrons. The second-order valence-electron chi connectivity index (χ2n) is 19.7. The fraction of sp³-hybridized carbons (Fsp3) is 0.714. The molecule has 6 N–H and O–H groups in total. The van der Waals surface area contributed by atoms with Gasteiger partial charge in [0.1, 0.15) is 43.1 Å². The second kappa shape index (κ2) is 27.8. The summed E-state index contributed by atoms with van der Waals surface area (Å²) >= 11 is 2.07. The molecule has 0 spiro atoms. The summed E-state index contributed by atoms with van der Waals surface area (Å²) in [7, 11) is 1.45. The molecule has 8 atom stereocenters. The van der Waals surface area contributed by atoms with Gasteiger partial charge < -0.3 is 34.1 Å². The summed E-state index contributed by atoms with van der Waals surface area (Å²) in [5.74, 6) is 0. The van der Waals surface area contributed by atoms with E-state index in [4.69, 9.17) is 0 Å². The normalized spacial score (nSPS) is 35.1. The van der Waals surface area contributed by atoms with E-state index in [1.54, 1.807) is 6.92 Å². The average Bonchev–Trinajstić information content (AvgIpc) is 1.52. The molecule has 8 unspecified atom stereocenters. The Labute approximate surface area is 516 Å². The minimum atomic E-state index is -2.47. The molecule has 15 aliphatic rings. The Morgan fingerprint density at radius 3 is 0.635 bits per heavy atom. The van der Waals surface area contributed by atoms with E-state index in [0.29, 0.717) is 37.0 Å². The third kappa shape index (κ3) is 11.3. The van der Waals surface area contributed by atoms with Crippen LogP contribution in [0, 0.1) is 70.8 Å². The molecule has 0 aliphatic carbocycles. The van der Waals surface area contributed by atoms with Gasteiger partial charge in [0.25, 0.3) is 37.0 Å². The van der Waals surface area contributed by atoms with Gasteiger partial charge in [-0.2, -0.15) is 0 Å². The first-order valence-corrected chi connectivity index (χ1v) is 30.8. The Morgan fingerprint density at radius 1 is 0.388 bits per heavy atom. The first kappa shape index (κ1) is 67.5. The maximum absolute atomic E-state index is 11.7. The van der Waals surface area contributed by atoms with Crippen molar-refractivity contribution in [3.63, 3.8) is 0 Å². The molecule has 0 aromatic carbocycles. The Kier molecular flexibility index (Phi) is 22.1. The first-order chi connectivity index (χ1) is 40.2. The Hall–Kier alpha value is -6.59. The number of piperazine rings is 3. The quantitative estimate of drug-likeness (QED) is 0.0498. The van der Waals surface area contributed by atoms with Crippen LogP contribution in [0.15, 0.2) is 73.7 Å². The zero-order valence-electron chi connectivity index (χ0n) is 47.6. The molecule has 15 fully saturated rings. The van der Waals surface area contributed by atoms with Crippen LogP contribution in [0.1, 0.15) is 62.3 Å². The van der Waals surface area contributed by atoms with Gasteiger partial charge in [-0.15, -0.1) is 0 Å². The predicted molar refractivity (Wildman–Crippen MR) is 303 cm³/mol. The summed E-state index contributed by atoms with van der Waals surface area (Å²) in [4.78, 5) is 94.6. The Bertz CT molecular complexity index is 2370. The third-order valence-electron chi connectivity index (χ3n) is 15.5. The minimum absolute atomic E-state index is 0. The van der Waals surface area contributed by atoms with Crippen LogP contribution in [-0.4, -0.2) is 225 Å². The van der Waals surface area contributed by atoms with Crippen molar-refractivity contribution in [2.45, 2.75) is 179 Å². The Morgan fingerprint density at radius 2 is 0.541 bits per heavy atom. The molecule has 43 heteroatoms. The molecule has 0 amide bonds. The molecule has 0 aromatic rings. The maximum atomic E-state index is 11.7. The largest absolute Gasteiger partial charge is 0.375 e. The summed E-state index contributed by atoms with van der Waals surface area (Å²) in [5, 5.41) is 91.0. The van der Waals surface area contributed by atoms with Gasteiger partial charge in [0.2, 0.25) is 6.54 Å². The van der Waals surface area contributed by atoms with Crippen molar-refractivity contribution in [1.29, 1.82) is 0 Å². The fourth-order valence-electron chi connectivity index (χ4n) is 13.2. The van der Waals surface area contributed by atoms with Crippen LogP contribution in [0.25, 0.3) is 0 Å². The molecule has 472 valence electrons. The maximum Gasteiger partial charge on any atom is 0.272 e. The second-order valence-corrected chi connectivity index (χ2v) is 19.7. The van der Waals surface area contributed by atoms with E-state index >= 15 is 0 Å². The van der Waals surface area contributed by atoms with Gasteiger partial charge in [0.05, 0.1) is 37.0 Å². The average molecular weight is 1510 g/mol. The number of nitrogens with zero attached hydrogens (tertiary/aromatic N) is 19. The summed E-state index contributed by atoms with van der Waals surface area (Å²) in [6, 6.07) is 0. The molecule has 15 rings (SSSR count). The molecular formula is C42H71IN25O15PW. The van der Waals surface area contributed by atoms with Gasteiger partial charge in [0.15, 0.2) is 30.2 Å². The van der Waals surface area contributed by atoms with Gasteiger partial charge in [-0.25, -0.2) is 60.7 Å². The Balaban J connectivity index is 0.000000195. The molecule has 0 aromatic heterocycles. The number of rotatable bonds is 15. The molecule has 15 heterocycles. The topological polar surface area (TPSA) is 422 Å². The van der Waals surface area contributed by atoms with Crippen molar-refractivity contribution in [3.8, 4) is 0 Å². The number of hydrogen-bond acceptors (Lipinski definition) is 27. The molecule has 18 bridgehead atoms. The summed E-state index contributed by atoms with van der Waals surface area (Å²) < 4.78 is 4.62. The van der Waals surface area contributed by atoms with Crippen LogP contribution >= 0.6 is 28.9 Å². The van der Waals surface area contributed by atoms with E-state index in [2.05, 4.69) is 210 Å². The van der Waals surface area contributed by atoms with E-state index in [-0.39, 0.29) is 101 Å². The molecule has 40 nitrogen and oxygen atoms in total. The third-order valence-corrected chi connectivity index (χ3v) is 15.5. The smallest absolute Gasteiger partial charge is 0.272 e. The molecule has 15 saturated heterocycles. The number of ether oxygens (including phenoxy) is 1. The number of hydrazine groups is 6. The van der Waals surface area contributed by atoms with Crippen molar-refractivity contribution in [2.24, 2.45) is 0 Å². The molecule has 85 heavy (non-hydrogen) atoms. The number of methoxy groups -OCH3 is 1. The van der Waals surface area contributed by atoms with Crippen molar-refractivity contribution in [1.82, 2.24) is 91.4 Å². The van der Waals surface area contributed by atoms with Crippen molar-refractivity contribution in [2.75, 3.05) is 13.7 Å². The zero-order chi connectivity index (χ0) is 62.1. The summed E-state index contributed by atoms with van der Waals surface area (Å²) in [6.07, 6.45) is 15.5. The number of nitro groups is 7. The number of hydrogen-bond donors (Lipinski definition) is 6. The van der Waals surface area contributed by atoms with Crippen molar-refractivity contribution in [3.05, 3.63) is 144 Å². The zero-order valence-corrected chi connectivity index (χ0v) is 53.8.